The van der Waals surface area contributed by atoms with Crippen LogP contribution in [0.25, 0.3) is 6.08 Å². The standard InChI is InChI=1S/C13H13FO3.C2H6/c1-7-3-8(2)12-9(4-7)5-10(13(15)16)11(6-14)17-12;1-2/h3-5,11H,6H2,1-2H3,(H,15,16);1-2H3. The maximum Gasteiger partial charge on any atom is 0.335 e. The molecule has 1 heterocycles. The zero-order valence-electron chi connectivity index (χ0n) is 11.7. The fourth-order valence-corrected chi connectivity index (χ4v) is 2.04. The van der Waals surface area contributed by atoms with Gasteiger partial charge < -0.3 is 9.84 Å². The third-order valence-electron chi connectivity index (χ3n) is 2.75. The van der Waals surface area contributed by atoms with E-state index in [4.69, 9.17) is 9.84 Å². The molecule has 0 bridgehead atoms. The van der Waals surface area contributed by atoms with Crippen molar-refractivity contribution >= 4 is 12.0 Å². The number of aryl methyl sites for hydroxylation is 2. The van der Waals surface area contributed by atoms with Crippen LogP contribution in [0.1, 0.15) is 30.5 Å². The van der Waals surface area contributed by atoms with Crippen LogP contribution in [0.3, 0.4) is 0 Å². The number of carbonyl (C=O) groups is 1. The molecule has 0 radical (unpaired) electrons. The van der Waals surface area contributed by atoms with Gasteiger partial charge in [-0.2, -0.15) is 0 Å². The van der Waals surface area contributed by atoms with Gasteiger partial charge >= 0.3 is 5.97 Å². The summed E-state index contributed by atoms with van der Waals surface area (Å²) in [6.45, 7) is 6.94. The number of rotatable bonds is 2. The van der Waals surface area contributed by atoms with Gasteiger partial charge in [0, 0.05) is 5.56 Å². The molecule has 1 aliphatic rings. The highest BCUT2D eigenvalue weighted by atomic mass is 19.1. The van der Waals surface area contributed by atoms with E-state index in [1.807, 2.05) is 39.8 Å². The average molecular weight is 266 g/mol. The minimum Gasteiger partial charge on any atom is -0.482 e. The molecule has 0 fully saturated rings. The predicted octanol–water partition coefficient (Wildman–Crippen LogP) is 3.53. The van der Waals surface area contributed by atoms with Crippen LogP contribution in [-0.4, -0.2) is 23.9 Å². The Balaban J connectivity index is 0.000000861. The maximum absolute atomic E-state index is 12.8. The molecule has 3 nitrogen and oxygen atoms in total. The van der Waals surface area contributed by atoms with Gasteiger partial charge in [-0.15, -0.1) is 0 Å². The van der Waals surface area contributed by atoms with Crippen molar-refractivity contribution in [3.8, 4) is 5.75 Å². The molecule has 19 heavy (non-hydrogen) atoms. The van der Waals surface area contributed by atoms with Gasteiger partial charge in [-0.1, -0.05) is 25.5 Å². The zero-order chi connectivity index (χ0) is 14.6. The summed E-state index contributed by atoms with van der Waals surface area (Å²) in [7, 11) is 0. The Morgan fingerprint density at radius 1 is 1.37 bits per heavy atom. The minimum absolute atomic E-state index is 0.0370. The van der Waals surface area contributed by atoms with E-state index < -0.39 is 18.7 Å². The summed E-state index contributed by atoms with van der Waals surface area (Å²) >= 11 is 0. The molecule has 1 N–H and O–H groups in total. The largest absolute Gasteiger partial charge is 0.482 e. The fourth-order valence-electron chi connectivity index (χ4n) is 2.04. The van der Waals surface area contributed by atoms with Gasteiger partial charge in [0.2, 0.25) is 0 Å². The highest BCUT2D eigenvalue weighted by Crippen LogP contribution is 2.33. The number of alkyl halides is 1. The van der Waals surface area contributed by atoms with Gasteiger partial charge in [0.25, 0.3) is 0 Å². The topological polar surface area (TPSA) is 46.5 Å². The van der Waals surface area contributed by atoms with Crippen LogP contribution in [-0.2, 0) is 4.79 Å². The van der Waals surface area contributed by atoms with E-state index in [2.05, 4.69) is 0 Å². The van der Waals surface area contributed by atoms with Crippen molar-refractivity contribution in [3.05, 3.63) is 34.4 Å². The summed E-state index contributed by atoms with van der Waals surface area (Å²) in [5.74, 6) is -0.569. The van der Waals surface area contributed by atoms with Crippen molar-refractivity contribution in [2.45, 2.75) is 33.8 Å². The first-order chi connectivity index (χ1) is 9.02. The molecule has 0 aromatic heterocycles. The number of carboxylic acid groups (broad SMARTS) is 1. The summed E-state index contributed by atoms with van der Waals surface area (Å²) in [5, 5.41) is 8.99. The molecule has 0 spiro atoms. The Bertz CT molecular complexity index is 506. The Morgan fingerprint density at radius 2 is 2.00 bits per heavy atom. The molecule has 1 unspecified atom stereocenters. The van der Waals surface area contributed by atoms with E-state index in [9.17, 15) is 9.18 Å². The Morgan fingerprint density at radius 3 is 2.53 bits per heavy atom. The molecule has 1 aromatic rings. The summed E-state index contributed by atoms with van der Waals surface area (Å²) in [6.07, 6.45) is 0.479. The van der Waals surface area contributed by atoms with Crippen molar-refractivity contribution in [3.63, 3.8) is 0 Å². The Labute approximate surface area is 112 Å². The van der Waals surface area contributed by atoms with Gasteiger partial charge in [0.05, 0.1) is 5.57 Å². The highest BCUT2D eigenvalue weighted by molar-refractivity contribution is 5.95. The second-order valence-corrected chi connectivity index (χ2v) is 4.17. The molecule has 0 saturated heterocycles. The van der Waals surface area contributed by atoms with Crippen LogP contribution in [0, 0.1) is 13.8 Å². The van der Waals surface area contributed by atoms with Crippen LogP contribution in [0.4, 0.5) is 4.39 Å². The van der Waals surface area contributed by atoms with E-state index in [1.54, 1.807) is 0 Å². The number of aliphatic carboxylic acids is 1. The third kappa shape index (κ3) is 3.13. The van der Waals surface area contributed by atoms with E-state index in [0.717, 1.165) is 11.1 Å². The molecule has 0 saturated carbocycles. The number of halogens is 1. The molecule has 0 amide bonds. The van der Waals surface area contributed by atoms with Crippen LogP contribution in [0.5, 0.6) is 5.75 Å². The summed E-state index contributed by atoms with van der Waals surface area (Å²) in [5.41, 5.74) is 2.57. The quantitative estimate of drug-likeness (QED) is 0.890. The summed E-state index contributed by atoms with van der Waals surface area (Å²) < 4.78 is 18.2. The van der Waals surface area contributed by atoms with Gasteiger partial charge in [0.15, 0.2) is 6.10 Å². The lowest BCUT2D eigenvalue weighted by molar-refractivity contribution is -0.133. The lowest BCUT2D eigenvalue weighted by atomic mass is 9.98. The fraction of sp³-hybridized carbons (Fsp3) is 0.400. The smallest absolute Gasteiger partial charge is 0.335 e. The van der Waals surface area contributed by atoms with Crippen LogP contribution in [0.2, 0.25) is 0 Å². The third-order valence-corrected chi connectivity index (χ3v) is 2.75. The Hall–Kier alpha value is -1.84. The number of hydrogen-bond donors (Lipinski definition) is 1. The van der Waals surface area contributed by atoms with Crippen molar-refractivity contribution < 1.29 is 19.0 Å². The molecule has 1 aromatic carbocycles. The second-order valence-electron chi connectivity index (χ2n) is 4.17. The number of ether oxygens (including phenoxy) is 1. The van der Waals surface area contributed by atoms with Crippen LogP contribution >= 0.6 is 0 Å². The SMILES string of the molecule is CC.Cc1cc(C)c2c(c1)C=C(C(=O)O)C(CF)O2. The molecule has 1 atom stereocenters. The number of benzene rings is 1. The first kappa shape index (κ1) is 15.2. The minimum atomic E-state index is -1.14. The van der Waals surface area contributed by atoms with Crippen molar-refractivity contribution in [1.82, 2.24) is 0 Å². The second kappa shape index (κ2) is 6.36. The molecule has 0 aliphatic carbocycles. The number of fused-ring (bicyclic) bond motifs is 1. The predicted molar refractivity (Wildman–Crippen MR) is 73.3 cm³/mol. The van der Waals surface area contributed by atoms with Gasteiger partial charge in [-0.05, 0) is 31.6 Å². The van der Waals surface area contributed by atoms with Gasteiger partial charge in [-0.3, -0.25) is 0 Å². The normalized spacial score (nSPS) is 16.5. The van der Waals surface area contributed by atoms with Crippen molar-refractivity contribution in [2.24, 2.45) is 0 Å². The average Bonchev–Trinajstić information content (AvgIpc) is 2.39. The molecular weight excluding hydrogens is 247 g/mol. The molecule has 4 heteroatoms. The first-order valence-corrected chi connectivity index (χ1v) is 6.31. The van der Waals surface area contributed by atoms with Crippen LogP contribution in [0.15, 0.2) is 17.7 Å². The molecule has 1 aliphatic heterocycles. The number of carboxylic acids is 1. The lowest BCUT2D eigenvalue weighted by Crippen LogP contribution is -2.29. The number of hydrogen-bond acceptors (Lipinski definition) is 2. The van der Waals surface area contributed by atoms with Gasteiger partial charge in [0.1, 0.15) is 12.4 Å². The molecule has 104 valence electrons. The monoisotopic (exact) mass is 266 g/mol. The zero-order valence-corrected chi connectivity index (χ0v) is 11.7. The van der Waals surface area contributed by atoms with Crippen molar-refractivity contribution in [1.29, 1.82) is 0 Å². The van der Waals surface area contributed by atoms with Gasteiger partial charge in [-0.25, -0.2) is 9.18 Å². The summed E-state index contributed by atoms with van der Waals surface area (Å²) in [6, 6.07) is 3.76. The van der Waals surface area contributed by atoms with E-state index in [-0.39, 0.29) is 5.57 Å². The molecular formula is C15H19FO3. The summed E-state index contributed by atoms with van der Waals surface area (Å²) in [4.78, 5) is 11.0. The Kier molecular flexibility index (Phi) is 5.10. The highest BCUT2D eigenvalue weighted by Gasteiger charge is 2.28. The van der Waals surface area contributed by atoms with E-state index in [1.165, 1.54) is 6.08 Å². The van der Waals surface area contributed by atoms with E-state index in [0.29, 0.717) is 11.3 Å². The maximum atomic E-state index is 12.8. The first-order valence-electron chi connectivity index (χ1n) is 6.31. The molecule has 2 rings (SSSR count). The van der Waals surface area contributed by atoms with Crippen LogP contribution < -0.4 is 4.74 Å². The van der Waals surface area contributed by atoms with Crippen molar-refractivity contribution in [2.75, 3.05) is 6.67 Å². The lowest BCUT2D eigenvalue weighted by Gasteiger charge is -2.25. The van der Waals surface area contributed by atoms with E-state index >= 15 is 0 Å².